The molecule has 1 aromatic rings. The van der Waals surface area contributed by atoms with Gasteiger partial charge in [0.25, 0.3) is 5.56 Å². The van der Waals surface area contributed by atoms with Gasteiger partial charge in [0.2, 0.25) is 0 Å². The second-order valence-electron chi connectivity index (χ2n) is 4.35. The minimum absolute atomic E-state index is 0.165. The van der Waals surface area contributed by atoms with Crippen molar-refractivity contribution in [2.75, 3.05) is 26.0 Å². The zero-order valence-electron chi connectivity index (χ0n) is 11.7. The monoisotopic (exact) mass is 295 g/mol. The second-order valence-corrected chi connectivity index (χ2v) is 5.43. The van der Waals surface area contributed by atoms with Crippen LogP contribution in [0.25, 0.3) is 6.08 Å². The van der Waals surface area contributed by atoms with Crippen molar-refractivity contribution in [3.63, 3.8) is 0 Å². The quantitative estimate of drug-likeness (QED) is 0.666. The summed E-state index contributed by atoms with van der Waals surface area (Å²) in [5, 5.41) is 3.67. The Hall–Kier alpha value is -1.85. The Morgan fingerprint density at radius 3 is 2.90 bits per heavy atom. The maximum Gasteiger partial charge on any atom is 0.357 e. The van der Waals surface area contributed by atoms with Crippen molar-refractivity contribution < 1.29 is 9.53 Å². The molecule has 108 valence electrons. The minimum atomic E-state index is -0.532. The summed E-state index contributed by atoms with van der Waals surface area (Å²) in [6.07, 6.45) is 1.55. The van der Waals surface area contributed by atoms with Crippen LogP contribution >= 0.6 is 11.8 Å². The molecule has 0 unspecified atom stereocenters. The first-order valence-electron chi connectivity index (χ1n) is 6.31. The minimum Gasteiger partial charge on any atom is -0.461 e. The van der Waals surface area contributed by atoms with E-state index in [-0.39, 0.29) is 23.4 Å². The maximum absolute atomic E-state index is 12.0. The molecule has 2 heterocycles. The number of H-pyrrole nitrogens is 1. The number of aromatic nitrogens is 2. The molecule has 0 saturated carbocycles. The van der Waals surface area contributed by atoms with Crippen LogP contribution in [0.3, 0.4) is 0 Å². The predicted octanol–water partition coefficient (Wildman–Crippen LogP) is 1.02. The van der Waals surface area contributed by atoms with Crippen molar-refractivity contribution >= 4 is 23.8 Å². The van der Waals surface area contributed by atoms with E-state index in [0.717, 1.165) is 17.3 Å². The molecular weight excluding hydrogens is 278 g/mol. The van der Waals surface area contributed by atoms with Crippen LogP contribution in [0.1, 0.15) is 23.0 Å². The lowest BCUT2D eigenvalue weighted by Gasteiger charge is -2.07. The van der Waals surface area contributed by atoms with Gasteiger partial charge in [-0.2, -0.15) is 0 Å². The highest BCUT2D eigenvalue weighted by molar-refractivity contribution is 8.03. The van der Waals surface area contributed by atoms with E-state index in [0.29, 0.717) is 0 Å². The summed E-state index contributed by atoms with van der Waals surface area (Å²) in [5.41, 5.74) is 3.25. The molecule has 0 radical (unpaired) electrons. The number of nitrogens with zero attached hydrogens (tertiary/aromatic N) is 2. The number of nitrogens with one attached hydrogen (secondary N) is 1. The van der Waals surface area contributed by atoms with Crippen molar-refractivity contribution in [3.05, 3.63) is 32.4 Å². The molecule has 1 saturated heterocycles. The third kappa shape index (κ3) is 2.84. The van der Waals surface area contributed by atoms with E-state index < -0.39 is 5.97 Å². The number of aromatic amines is 1. The number of hydrogen-bond acceptors (Lipinski definition) is 5. The first kappa shape index (κ1) is 14.6. The Kier molecular flexibility index (Phi) is 4.42. The lowest BCUT2D eigenvalue weighted by Crippen LogP contribution is -2.13. The topological polar surface area (TPSA) is 67.3 Å². The van der Waals surface area contributed by atoms with Gasteiger partial charge in [-0.1, -0.05) is 17.5 Å². The fourth-order valence-corrected chi connectivity index (χ4v) is 2.85. The van der Waals surface area contributed by atoms with Gasteiger partial charge in [-0.05, 0) is 13.0 Å². The van der Waals surface area contributed by atoms with Gasteiger partial charge < -0.3 is 9.64 Å². The summed E-state index contributed by atoms with van der Waals surface area (Å²) in [6.45, 7) is 2.94. The first-order chi connectivity index (χ1) is 9.54. The average molecular weight is 295 g/mol. The molecule has 1 N–H and O–H groups in total. The highest BCUT2D eigenvalue weighted by atomic mass is 32.2. The summed E-state index contributed by atoms with van der Waals surface area (Å²) in [4.78, 5) is 25.9. The van der Waals surface area contributed by atoms with Gasteiger partial charge in [-0.25, -0.2) is 4.79 Å². The molecule has 20 heavy (non-hydrogen) atoms. The van der Waals surface area contributed by atoms with Crippen molar-refractivity contribution in [1.82, 2.24) is 14.7 Å². The molecule has 0 amide bonds. The molecule has 6 nitrogen and oxygen atoms in total. The second kappa shape index (κ2) is 6.07. The van der Waals surface area contributed by atoms with E-state index >= 15 is 0 Å². The smallest absolute Gasteiger partial charge is 0.357 e. The fraction of sp³-hybridized carbons (Fsp3) is 0.462. The lowest BCUT2D eigenvalue weighted by molar-refractivity contribution is 0.0518. The van der Waals surface area contributed by atoms with E-state index in [2.05, 4.69) is 15.7 Å². The van der Waals surface area contributed by atoms with Gasteiger partial charge in [0.15, 0.2) is 5.69 Å². The molecule has 1 aliphatic rings. The summed E-state index contributed by atoms with van der Waals surface area (Å²) in [7, 11) is 3.53. The van der Waals surface area contributed by atoms with Crippen LogP contribution in [0.5, 0.6) is 0 Å². The Bertz CT molecular complexity index is 638. The number of aryl methyl sites for hydroxylation is 1. The van der Waals surface area contributed by atoms with Gasteiger partial charge in [0.1, 0.15) is 5.03 Å². The number of thioether (sulfide) groups is 1. The number of hydrogen-bond donors (Lipinski definition) is 1. The fourth-order valence-electron chi connectivity index (χ4n) is 1.84. The third-order valence-electron chi connectivity index (χ3n) is 2.92. The normalized spacial score (nSPS) is 14.3. The summed E-state index contributed by atoms with van der Waals surface area (Å²) in [6, 6.07) is 0. The lowest BCUT2D eigenvalue weighted by atomic mass is 10.2. The van der Waals surface area contributed by atoms with Crippen molar-refractivity contribution in [2.45, 2.75) is 6.92 Å². The molecule has 0 atom stereocenters. The van der Waals surface area contributed by atoms with Gasteiger partial charge in [0.05, 0.1) is 12.2 Å². The summed E-state index contributed by atoms with van der Waals surface area (Å²) >= 11 is 1.67. The van der Waals surface area contributed by atoms with E-state index in [1.165, 1.54) is 4.68 Å². The third-order valence-corrected chi connectivity index (χ3v) is 4.01. The molecule has 1 aliphatic heterocycles. The molecular formula is C13H17N3O3S. The van der Waals surface area contributed by atoms with Crippen molar-refractivity contribution in [1.29, 1.82) is 0 Å². The van der Waals surface area contributed by atoms with Crippen LogP contribution in [-0.4, -0.2) is 46.6 Å². The Balaban J connectivity index is 2.43. The van der Waals surface area contributed by atoms with E-state index in [1.54, 1.807) is 31.8 Å². The molecule has 0 aromatic carbocycles. The predicted molar refractivity (Wildman–Crippen MR) is 78.6 cm³/mol. The average Bonchev–Trinajstić information content (AvgIpc) is 2.94. The van der Waals surface area contributed by atoms with Crippen LogP contribution in [0.15, 0.2) is 15.6 Å². The Labute approximate surface area is 121 Å². The molecule has 0 aliphatic carbocycles. The highest BCUT2D eigenvalue weighted by Gasteiger charge is 2.18. The van der Waals surface area contributed by atoms with Crippen LogP contribution in [0, 0.1) is 0 Å². The van der Waals surface area contributed by atoms with Crippen molar-refractivity contribution in [3.8, 4) is 0 Å². The SMILES string of the molecule is CCOC(=O)c1[nH]n(C)c(=O)c1C=C=C1SCCN1C. The number of carbonyl (C=O) groups is 1. The summed E-state index contributed by atoms with van der Waals surface area (Å²) in [5.74, 6) is 0.471. The Morgan fingerprint density at radius 2 is 2.30 bits per heavy atom. The molecule has 2 rings (SSSR count). The number of esters is 1. The first-order valence-corrected chi connectivity index (χ1v) is 7.30. The zero-order chi connectivity index (χ0) is 14.7. The van der Waals surface area contributed by atoms with E-state index in [4.69, 9.17) is 4.74 Å². The van der Waals surface area contributed by atoms with Crippen molar-refractivity contribution in [2.24, 2.45) is 7.05 Å². The van der Waals surface area contributed by atoms with Gasteiger partial charge in [0, 0.05) is 26.4 Å². The van der Waals surface area contributed by atoms with Crippen LogP contribution in [-0.2, 0) is 11.8 Å². The standard InChI is InChI=1S/C13H17N3O3S/c1-4-19-13(18)11-9(12(17)16(3)14-11)5-6-10-15(2)7-8-20-10/h5,14H,4,7-8H2,1-3H3. The number of rotatable bonds is 3. The maximum atomic E-state index is 12.0. The van der Waals surface area contributed by atoms with Gasteiger partial charge >= 0.3 is 5.97 Å². The molecule has 1 aromatic heterocycles. The van der Waals surface area contributed by atoms with Crippen LogP contribution in [0.4, 0.5) is 0 Å². The Morgan fingerprint density at radius 1 is 1.55 bits per heavy atom. The molecule has 0 bridgehead atoms. The number of carbonyl (C=O) groups excluding carboxylic acids is 1. The van der Waals surface area contributed by atoms with E-state index in [1.807, 2.05) is 7.05 Å². The molecule has 0 spiro atoms. The van der Waals surface area contributed by atoms with Gasteiger partial charge in [-0.3, -0.25) is 14.6 Å². The summed E-state index contributed by atoms with van der Waals surface area (Å²) < 4.78 is 6.20. The largest absolute Gasteiger partial charge is 0.461 e. The molecule has 1 fully saturated rings. The van der Waals surface area contributed by atoms with Crippen LogP contribution < -0.4 is 5.56 Å². The van der Waals surface area contributed by atoms with E-state index in [9.17, 15) is 9.59 Å². The van der Waals surface area contributed by atoms with Gasteiger partial charge in [-0.15, -0.1) is 0 Å². The zero-order valence-corrected chi connectivity index (χ0v) is 12.5. The molecule has 7 heteroatoms. The van der Waals surface area contributed by atoms with Crippen LogP contribution in [0.2, 0.25) is 0 Å². The highest BCUT2D eigenvalue weighted by Crippen LogP contribution is 2.24. The number of ether oxygens (including phenoxy) is 1.